The lowest BCUT2D eigenvalue weighted by molar-refractivity contribution is 0.0670. The highest BCUT2D eigenvalue weighted by atomic mass is 19.1. The number of likely N-dealkylation sites (tertiary alicyclic amines) is 1. The zero-order valence-electron chi connectivity index (χ0n) is 10.4. The maximum atomic E-state index is 13.3. The van der Waals surface area contributed by atoms with Crippen LogP contribution >= 0.6 is 0 Å². The van der Waals surface area contributed by atoms with Gasteiger partial charge in [-0.1, -0.05) is 6.92 Å². The molecule has 18 heavy (non-hydrogen) atoms. The van der Waals surface area contributed by atoms with Gasteiger partial charge in [0.15, 0.2) is 0 Å². The molecular formula is C13H18FNO3. The molecule has 0 aromatic carbocycles. The topological polar surface area (TPSA) is 53.7 Å². The number of carbonyl (C=O) groups is 1. The molecule has 2 rings (SSSR count). The van der Waals surface area contributed by atoms with Crippen LogP contribution in [0.1, 0.15) is 35.9 Å². The molecule has 2 heterocycles. The Labute approximate surface area is 105 Å². The van der Waals surface area contributed by atoms with E-state index < -0.39 is 12.2 Å². The largest absolute Gasteiger partial charge is 0.469 e. The van der Waals surface area contributed by atoms with Gasteiger partial charge in [-0.3, -0.25) is 4.79 Å². The Bertz CT molecular complexity index is 418. The predicted octanol–water partition coefficient (Wildman–Crippen LogP) is 1.78. The fourth-order valence-corrected chi connectivity index (χ4v) is 2.39. The predicted molar refractivity (Wildman–Crippen MR) is 64.1 cm³/mol. The van der Waals surface area contributed by atoms with Crippen molar-refractivity contribution in [2.45, 2.75) is 38.4 Å². The van der Waals surface area contributed by atoms with E-state index >= 15 is 0 Å². The number of carbonyl (C=O) groups excluding carboxylic acids is 1. The highest BCUT2D eigenvalue weighted by Crippen LogP contribution is 2.24. The molecule has 1 saturated heterocycles. The summed E-state index contributed by atoms with van der Waals surface area (Å²) in [5, 5.41) is 9.19. The van der Waals surface area contributed by atoms with Crippen LogP contribution in [-0.4, -0.2) is 41.3 Å². The van der Waals surface area contributed by atoms with Gasteiger partial charge in [-0.05, 0) is 12.5 Å². The van der Waals surface area contributed by atoms with Crippen LogP contribution in [0, 0.1) is 0 Å². The molecule has 0 spiro atoms. The van der Waals surface area contributed by atoms with Crippen molar-refractivity contribution in [2.75, 3.05) is 13.2 Å². The van der Waals surface area contributed by atoms with Gasteiger partial charge in [0, 0.05) is 12.8 Å². The van der Waals surface area contributed by atoms with Gasteiger partial charge in [0.1, 0.15) is 11.9 Å². The number of alkyl halides is 1. The molecule has 1 aromatic heterocycles. The average Bonchev–Trinajstić information content (AvgIpc) is 2.95. The summed E-state index contributed by atoms with van der Waals surface area (Å²) in [5.74, 6) is 0.396. The van der Waals surface area contributed by atoms with E-state index in [2.05, 4.69) is 0 Å². The normalized spacial score (nSPS) is 23.6. The van der Waals surface area contributed by atoms with Gasteiger partial charge in [0.2, 0.25) is 0 Å². The van der Waals surface area contributed by atoms with Crippen molar-refractivity contribution in [3.63, 3.8) is 0 Å². The van der Waals surface area contributed by atoms with Crippen LogP contribution < -0.4 is 0 Å². The molecule has 2 atom stereocenters. The first-order valence-corrected chi connectivity index (χ1v) is 6.29. The Balaban J connectivity index is 2.17. The Morgan fingerprint density at radius 3 is 3.11 bits per heavy atom. The lowest BCUT2D eigenvalue weighted by Crippen LogP contribution is -2.38. The van der Waals surface area contributed by atoms with E-state index in [1.807, 2.05) is 6.92 Å². The molecular weight excluding hydrogens is 237 g/mol. The third kappa shape index (κ3) is 2.41. The molecule has 1 amide bonds. The van der Waals surface area contributed by atoms with Gasteiger partial charge in [0.25, 0.3) is 5.91 Å². The molecule has 0 aliphatic carbocycles. The van der Waals surface area contributed by atoms with E-state index in [-0.39, 0.29) is 25.5 Å². The molecule has 1 aliphatic heterocycles. The number of furan rings is 1. The number of hydrogen-bond acceptors (Lipinski definition) is 3. The SMILES string of the molecule is CCCc1occc1C(=O)N1C[C@@H](F)C[C@H]1CO. The van der Waals surface area contributed by atoms with Crippen LogP contribution in [0.5, 0.6) is 0 Å². The number of hydrogen-bond donors (Lipinski definition) is 1. The fraction of sp³-hybridized carbons (Fsp3) is 0.615. The molecule has 1 aliphatic rings. The summed E-state index contributed by atoms with van der Waals surface area (Å²) in [6.07, 6.45) is 2.21. The highest BCUT2D eigenvalue weighted by Gasteiger charge is 2.36. The molecule has 0 radical (unpaired) electrons. The molecule has 0 unspecified atom stereocenters. The van der Waals surface area contributed by atoms with Gasteiger partial charge in [0.05, 0.1) is 31.0 Å². The number of aliphatic hydroxyl groups is 1. The maximum Gasteiger partial charge on any atom is 0.257 e. The molecule has 1 aromatic rings. The zero-order valence-corrected chi connectivity index (χ0v) is 10.4. The summed E-state index contributed by atoms with van der Waals surface area (Å²) in [6, 6.07) is 1.20. The summed E-state index contributed by atoms with van der Waals surface area (Å²) >= 11 is 0. The summed E-state index contributed by atoms with van der Waals surface area (Å²) in [5.41, 5.74) is 0.490. The van der Waals surface area contributed by atoms with Crippen molar-refractivity contribution in [1.82, 2.24) is 4.90 Å². The highest BCUT2D eigenvalue weighted by molar-refractivity contribution is 5.95. The van der Waals surface area contributed by atoms with Crippen LogP contribution in [0.25, 0.3) is 0 Å². The first kappa shape index (κ1) is 13.1. The van der Waals surface area contributed by atoms with E-state index in [1.54, 1.807) is 6.07 Å². The van der Waals surface area contributed by atoms with Crippen molar-refractivity contribution in [3.8, 4) is 0 Å². The van der Waals surface area contributed by atoms with Gasteiger partial charge in [-0.25, -0.2) is 4.39 Å². The number of nitrogens with zero attached hydrogens (tertiary/aromatic N) is 1. The standard InChI is InChI=1S/C13H18FNO3/c1-2-3-12-11(4-5-18-12)13(17)15-7-9(14)6-10(15)8-16/h4-5,9-10,16H,2-3,6-8H2,1H3/t9-,10-/m0/s1. The van der Waals surface area contributed by atoms with Gasteiger partial charge < -0.3 is 14.4 Å². The minimum Gasteiger partial charge on any atom is -0.469 e. The number of halogens is 1. The third-order valence-electron chi connectivity index (χ3n) is 3.29. The molecule has 100 valence electrons. The van der Waals surface area contributed by atoms with E-state index in [4.69, 9.17) is 4.42 Å². The van der Waals surface area contributed by atoms with Gasteiger partial charge in [-0.15, -0.1) is 0 Å². The lowest BCUT2D eigenvalue weighted by atomic mass is 10.1. The third-order valence-corrected chi connectivity index (χ3v) is 3.29. The number of rotatable bonds is 4. The second-order valence-electron chi connectivity index (χ2n) is 4.63. The van der Waals surface area contributed by atoms with Crippen molar-refractivity contribution < 1.29 is 18.7 Å². The van der Waals surface area contributed by atoms with Crippen molar-refractivity contribution in [1.29, 1.82) is 0 Å². The Kier molecular flexibility index (Phi) is 4.01. The zero-order chi connectivity index (χ0) is 13.1. The Morgan fingerprint density at radius 1 is 1.67 bits per heavy atom. The van der Waals surface area contributed by atoms with E-state index in [1.165, 1.54) is 11.2 Å². The fourth-order valence-electron chi connectivity index (χ4n) is 2.39. The maximum absolute atomic E-state index is 13.3. The summed E-state index contributed by atoms with van der Waals surface area (Å²) in [7, 11) is 0. The second-order valence-corrected chi connectivity index (χ2v) is 4.63. The molecule has 0 bridgehead atoms. The minimum atomic E-state index is -1.05. The Morgan fingerprint density at radius 2 is 2.44 bits per heavy atom. The number of amides is 1. The Hall–Kier alpha value is -1.36. The van der Waals surface area contributed by atoms with Crippen molar-refractivity contribution in [3.05, 3.63) is 23.7 Å². The van der Waals surface area contributed by atoms with Crippen LogP contribution in [0.3, 0.4) is 0 Å². The van der Waals surface area contributed by atoms with Gasteiger partial charge >= 0.3 is 0 Å². The lowest BCUT2D eigenvalue weighted by Gasteiger charge is -2.22. The number of aliphatic hydroxyl groups excluding tert-OH is 1. The van der Waals surface area contributed by atoms with E-state index in [0.29, 0.717) is 17.7 Å². The van der Waals surface area contributed by atoms with Crippen LogP contribution in [0.4, 0.5) is 4.39 Å². The minimum absolute atomic E-state index is 0.0564. The van der Waals surface area contributed by atoms with Crippen LogP contribution in [0.2, 0.25) is 0 Å². The molecule has 4 nitrogen and oxygen atoms in total. The number of aryl methyl sites for hydroxylation is 1. The quantitative estimate of drug-likeness (QED) is 0.892. The summed E-state index contributed by atoms with van der Waals surface area (Å²) in [6.45, 7) is 1.86. The first-order chi connectivity index (χ1) is 8.67. The summed E-state index contributed by atoms with van der Waals surface area (Å²) < 4.78 is 18.6. The van der Waals surface area contributed by atoms with E-state index in [9.17, 15) is 14.3 Å². The summed E-state index contributed by atoms with van der Waals surface area (Å²) in [4.78, 5) is 13.7. The van der Waals surface area contributed by atoms with Crippen LogP contribution in [0.15, 0.2) is 16.7 Å². The molecule has 0 saturated carbocycles. The average molecular weight is 255 g/mol. The van der Waals surface area contributed by atoms with Crippen LogP contribution in [-0.2, 0) is 6.42 Å². The van der Waals surface area contributed by atoms with Crippen molar-refractivity contribution >= 4 is 5.91 Å². The monoisotopic (exact) mass is 255 g/mol. The molecule has 5 heteroatoms. The second kappa shape index (κ2) is 5.52. The first-order valence-electron chi connectivity index (χ1n) is 6.29. The molecule has 1 fully saturated rings. The van der Waals surface area contributed by atoms with E-state index in [0.717, 1.165) is 6.42 Å². The molecule has 1 N–H and O–H groups in total. The van der Waals surface area contributed by atoms with Crippen molar-refractivity contribution in [2.24, 2.45) is 0 Å². The smallest absolute Gasteiger partial charge is 0.257 e. The van der Waals surface area contributed by atoms with Gasteiger partial charge in [-0.2, -0.15) is 0 Å².